The Balaban J connectivity index is 1.27. The van der Waals surface area contributed by atoms with E-state index in [1.807, 2.05) is 24.7 Å². The summed E-state index contributed by atoms with van der Waals surface area (Å²) >= 11 is 0. The Morgan fingerprint density at radius 3 is 2.50 bits per heavy atom. The van der Waals surface area contributed by atoms with Crippen molar-refractivity contribution in [2.75, 3.05) is 31.1 Å². The standard InChI is InChI=1S/C19H25N5/c1-2-16(12-20-6-1)14-23-9-3-17(4-10-23)18-5-11-24(15-18)19-13-21-7-8-22-19/h1-2,6-8,12-13,17-18H,3-5,9-11,14-15H2. The summed E-state index contributed by atoms with van der Waals surface area (Å²) in [5.41, 5.74) is 1.32. The van der Waals surface area contributed by atoms with Gasteiger partial charge in [-0.05, 0) is 55.8 Å². The number of anilines is 1. The predicted octanol–water partition coefficient (Wildman–Crippen LogP) is 2.61. The van der Waals surface area contributed by atoms with Crippen molar-refractivity contribution in [1.29, 1.82) is 0 Å². The summed E-state index contributed by atoms with van der Waals surface area (Å²) in [6.45, 7) is 5.73. The minimum atomic E-state index is 0.813. The lowest BCUT2D eigenvalue weighted by atomic mass is 9.83. The molecule has 2 aromatic heterocycles. The van der Waals surface area contributed by atoms with E-state index in [4.69, 9.17) is 0 Å². The van der Waals surface area contributed by atoms with E-state index in [-0.39, 0.29) is 0 Å². The van der Waals surface area contributed by atoms with Crippen molar-refractivity contribution in [2.24, 2.45) is 11.8 Å². The summed E-state index contributed by atoms with van der Waals surface area (Å²) in [4.78, 5) is 17.8. The molecule has 0 spiro atoms. The van der Waals surface area contributed by atoms with E-state index in [0.29, 0.717) is 0 Å². The van der Waals surface area contributed by atoms with Crippen LogP contribution in [0.25, 0.3) is 0 Å². The fraction of sp³-hybridized carbons (Fsp3) is 0.526. The molecule has 2 saturated heterocycles. The molecule has 0 saturated carbocycles. The maximum atomic E-state index is 4.45. The Bertz CT molecular complexity index is 625. The van der Waals surface area contributed by atoms with Crippen molar-refractivity contribution in [3.8, 4) is 0 Å². The molecule has 2 aliphatic rings. The van der Waals surface area contributed by atoms with E-state index in [2.05, 4.69) is 30.8 Å². The van der Waals surface area contributed by atoms with Crippen LogP contribution in [-0.4, -0.2) is 46.0 Å². The smallest absolute Gasteiger partial charge is 0.147 e. The van der Waals surface area contributed by atoms with Crippen LogP contribution in [0.15, 0.2) is 43.1 Å². The third kappa shape index (κ3) is 3.56. The van der Waals surface area contributed by atoms with E-state index < -0.39 is 0 Å². The van der Waals surface area contributed by atoms with Crippen LogP contribution in [0, 0.1) is 11.8 Å². The van der Waals surface area contributed by atoms with Gasteiger partial charge in [-0.3, -0.25) is 14.9 Å². The summed E-state index contributed by atoms with van der Waals surface area (Å²) in [6, 6.07) is 4.20. The Hall–Kier alpha value is -2.01. The lowest BCUT2D eigenvalue weighted by Gasteiger charge is -2.34. The van der Waals surface area contributed by atoms with Crippen LogP contribution in [0.1, 0.15) is 24.8 Å². The molecule has 0 aromatic carbocycles. The molecular weight excluding hydrogens is 298 g/mol. The number of hydrogen-bond donors (Lipinski definition) is 0. The highest BCUT2D eigenvalue weighted by atomic mass is 15.2. The summed E-state index contributed by atoms with van der Waals surface area (Å²) in [7, 11) is 0. The predicted molar refractivity (Wildman–Crippen MR) is 94.6 cm³/mol. The number of likely N-dealkylation sites (tertiary alicyclic amines) is 1. The lowest BCUT2D eigenvalue weighted by Crippen LogP contribution is -2.36. The first-order valence-electron chi connectivity index (χ1n) is 9.01. The molecule has 2 aromatic rings. The molecule has 5 nitrogen and oxygen atoms in total. The SMILES string of the molecule is c1cncc(CN2CCC(C3CCN(c4cnccn4)C3)CC2)c1. The number of hydrogen-bond acceptors (Lipinski definition) is 5. The van der Waals surface area contributed by atoms with Crippen molar-refractivity contribution in [3.05, 3.63) is 48.7 Å². The molecule has 0 bridgehead atoms. The second-order valence-electron chi connectivity index (χ2n) is 7.03. The van der Waals surface area contributed by atoms with Crippen molar-refractivity contribution in [3.63, 3.8) is 0 Å². The highest BCUT2D eigenvalue weighted by molar-refractivity contribution is 5.36. The molecule has 2 fully saturated rings. The van der Waals surface area contributed by atoms with Crippen LogP contribution in [-0.2, 0) is 6.54 Å². The zero-order valence-electron chi connectivity index (χ0n) is 14.1. The zero-order chi connectivity index (χ0) is 16.2. The van der Waals surface area contributed by atoms with Gasteiger partial charge in [-0.15, -0.1) is 0 Å². The summed E-state index contributed by atoms with van der Waals surface area (Å²) in [6.07, 6.45) is 13.2. The van der Waals surface area contributed by atoms with Gasteiger partial charge < -0.3 is 4.90 Å². The largest absolute Gasteiger partial charge is 0.355 e. The van der Waals surface area contributed by atoms with Crippen LogP contribution >= 0.6 is 0 Å². The first kappa shape index (κ1) is 15.5. The molecule has 0 aliphatic carbocycles. The maximum absolute atomic E-state index is 4.45. The molecule has 4 heterocycles. The third-order valence-electron chi connectivity index (χ3n) is 5.53. The first-order valence-corrected chi connectivity index (χ1v) is 9.01. The Morgan fingerprint density at radius 1 is 0.917 bits per heavy atom. The molecule has 0 amide bonds. The number of pyridine rings is 1. The van der Waals surface area contributed by atoms with Gasteiger partial charge in [0.05, 0.1) is 6.20 Å². The molecule has 0 radical (unpaired) electrons. The van der Waals surface area contributed by atoms with Gasteiger partial charge in [-0.25, -0.2) is 4.98 Å². The van der Waals surface area contributed by atoms with E-state index in [0.717, 1.165) is 37.3 Å². The van der Waals surface area contributed by atoms with Gasteiger partial charge in [0.1, 0.15) is 5.82 Å². The number of piperidine rings is 1. The normalized spacial score (nSPS) is 22.8. The third-order valence-corrected chi connectivity index (χ3v) is 5.53. The van der Waals surface area contributed by atoms with Gasteiger partial charge in [0.25, 0.3) is 0 Å². The minimum absolute atomic E-state index is 0.813. The average Bonchev–Trinajstić information content (AvgIpc) is 3.14. The van der Waals surface area contributed by atoms with E-state index in [1.165, 1.54) is 37.9 Å². The molecular formula is C19H25N5. The molecule has 1 atom stereocenters. The van der Waals surface area contributed by atoms with Gasteiger partial charge in [-0.2, -0.15) is 0 Å². The van der Waals surface area contributed by atoms with E-state index in [9.17, 15) is 0 Å². The number of nitrogens with zero attached hydrogens (tertiary/aromatic N) is 5. The summed E-state index contributed by atoms with van der Waals surface area (Å²) in [5.74, 6) is 2.71. The van der Waals surface area contributed by atoms with E-state index >= 15 is 0 Å². The fourth-order valence-corrected chi connectivity index (χ4v) is 4.17. The van der Waals surface area contributed by atoms with Gasteiger partial charge in [0.15, 0.2) is 0 Å². The Labute approximate surface area is 143 Å². The number of rotatable bonds is 4. The molecule has 2 aliphatic heterocycles. The zero-order valence-corrected chi connectivity index (χ0v) is 14.1. The van der Waals surface area contributed by atoms with Gasteiger partial charge in [0.2, 0.25) is 0 Å². The fourth-order valence-electron chi connectivity index (χ4n) is 4.17. The molecule has 126 valence electrons. The van der Waals surface area contributed by atoms with Crippen LogP contribution in [0.3, 0.4) is 0 Å². The summed E-state index contributed by atoms with van der Waals surface area (Å²) < 4.78 is 0. The second-order valence-corrected chi connectivity index (χ2v) is 7.03. The topological polar surface area (TPSA) is 45.2 Å². The summed E-state index contributed by atoms with van der Waals surface area (Å²) in [5, 5.41) is 0. The van der Waals surface area contributed by atoms with Crippen molar-refractivity contribution in [1.82, 2.24) is 19.9 Å². The van der Waals surface area contributed by atoms with Crippen molar-refractivity contribution >= 4 is 5.82 Å². The molecule has 0 N–H and O–H groups in total. The Morgan fingerprint density at radius 2 is 1.75 bits per heavy atom. The van der Waals surface area contributed by atoms with Crippen LogP contribution in [0.2, 0.25) is 0 Å². The molecule has 24 heavy (non-hydrogen) atoms. The van der Waals surface area contributed by atoms with Crippen LogP contribution in [0.5, 0.6) is 0 Å². The Kier molecular flexibility index (Phi) is 4.69. The molecule has 1 unspecified atom stereocenters. The van der Waals surface area contributed by atoms with E-state index in [1.54, 1.807) is 12.4 Å². The highest BCUT2D eigenvalue weighted by Crippen LogP contribution is 2.33. The van der Waals surface area contributed by atoms with Crippen molar-refractivity contribution < 1.29 is 0 Å². The molecule has 5 heteroatoms. The average molecular weight is 323 g/mol. The van der Waals surface area contributed by atoms with Crippen molar-refractivity contribution in [2.45, 2.75) is 25.8 Å². The second kappa shape index (κ2) is 7.26. The minimum Gasteiger partial charge on any atom is -0.355 e. The van der Waals surface area contributed by atoms with Crippen LogP contribution < -0.4 is 4.90 Å². The van der Waals surface area contributed by atoms with Crippen LogP contribution in [0.4, 0.5) is 5.82 Å². The number of aromatic nitrogens is 3. The molecule has 4 rings (SSSR count). The first-order chi connectivity index (χ1) is 11.9. The maximum Gasteiger partial charge on any atom is 0.147 e. The quantitative estimate of drug-likeness (QED) is 0.865. The highest BCUT2D eigenvalue weighted by Gasteiger charge is 2.32. The monoisotopic (exact) mass is 323 g/mol. The van der Waals surface area contributed by atoms with Gasteiger partial charge in [0, 0.05) is 44.4 Å². The van der Waals surface area contributed by atoms with Gasteiger partial charge >= 0.3 is 0 Å². The van der Waals surface area contributed by atoms with Gasteiger partial charge in [-0.1, -0.05) is 6.07 Å². The lowest BCUT2D eigenvalue weighted by molar-refractivity contribution is 0.147.